The van der Waals surface area contributed by atoms with Gasteiger partial charge in [0.05, 0.1) is 0 Å². The summed E-state index contributed by atoms with van der Waals surface area (Å²) < 4.78 is 51.8. The molecule has 37 heavy (non-hydrogen) atoms. The molecule has 0 fully saturated rings. The average molecular weight is 605 g/mol. The van der Waals surface area contributed by atoms with E-state index in [9.17, 15) is 0 Å². The van der Waals surface area contributed by atoms with Gasteiger partial charge in [0.15, 0.2) is 8.83 Å². The zero-order chi connectivity index (χ0) is 28.6. The van der Waals surface area contributed by atoms with E-state index in [4.69, 9.17) is 46.5 Å². The van der Waals surface area contributed by atoms with Crippen LogP contribution < -0.4 is 0 Å². The first-order valence-electron chi connectivity index (χ1n) is 14.4. The van der Waals surface area contributed by atoms with E-state index in [1.54, 1.807) is 0 Å². The average Bonchev–Trinajstić information content (AvgIpc) is 2.87. The molecular weight excluding hydrogens is 548 g/mol. The Labute approximate surface area is 237 Å². The molecule has 224 valence electrons. The second-order valence-electron chi connectivity index (χ2n) is 9.84. The van der Waals surface area contributed by atoms with Gasteiger partial charge in [0.25, 0.3) is 0 Å². The molecule has 0 N–H and O–H groups in total. The van der Waals surface area contributed by atoms with Gasteiger partial charge < -0.3 is 35.4 Å². The van der Waals surface area contributed by atoms with E-state index < -0.39 is 32.8 Å². The molecule has 0 aliphatic rings. The first-order valence-corrected chi connectivity index (χ1v) is 20.6. The van der Waals surface area contributed by atoms with Crippen molar-refractivity contribution in [2.45, 2.75) is 164 Å². The van der Waals surface area contributed by atoms with E-state index in [0.717, 1.165) is 38.5 Å². The Morgan fingerprint density at radius 1 is 0.432 bits per heavy atom. The monoisotopic (exact) mass is 604 g/mol. The fourth-order valence-corrected chi connectivity index (χ4v) is 11.0. The van der Waals surface area contributed by atoms with Crippen molar-refractivity contribution in [3.63, 3.8) is 0 Å². The third-order valence-electron chi connectivity index (χ3n) is 6.20. The van der Waals surface area contributed by atoms with Gasteiger partial charge in [-0.2, -0.15) is 11.1 Å². The quantitative estimate of drug-likeness (QED) is 0.0755. The van der Waals surface area contributed by atoms with Crippen LogP contribution in [-0.2, 0) is 35.4 Å². The first kappa shape index (κ1) is 37.6. The summed E-state index contributed by atoms with van der Waals surface area (Å²) in [4.78, 5) is 0. The fraction of sp³-hybridized carbons (Fsp3) is 1.00. The minimum atomic E-state index is -3.70. The molecule has 6 atom stereocenters. The lowest BCUT2D eigenvalue weighted by molar-refractivity contribution is -0.155. The van der Waals surface area contributed by atoms with Gasteiger partial charge in [-0.05, 0) is 80.1 Å². The van der Waals surface area contributed by atoms with E-state index in [0.29, 0.717) is 0 Å². The molecule has 0 rings (SSSR count). The molecule has 0 saturated carbocycles. The smallest absolute Gasteiger partial charge is 0.348 e. The van der Waals surface area contributed by atoms with Crippen LogP contribution in [0.15, 0.2) is 0 Å². The van der Waals surface area contributed by atoms with Crippen LogP contribution in [0.3, 0.4) is 0 Å². The van der Waals surface area contributed by atoms with Gasteiger partial charge in [-0.25, -0.2) is 0 Å². The van der Waals surface area contributed by atoms with Gasteiger partial charge in [-0.15, -0.1) is 0 Å². The Hall–Kier alpha value is 0.621. The SMILES string of the molecule is CCC(C)O[Si](OC(C)CC)(OC(C)CC)OC(O[Si](OC(C)CC)(OC(C)CC)OC(C)CC)[SiH2]Cl. The Kier molecular flexibility index (Phi) is 20.0. The van der Waals surface area contributed by atoms with E-state index in [-0.39, 0.29) is 36.6 Å². The summed E-state index contributed by atoms with van der Waals surface area (Å²) in [7, 11) is -8.85. The van der Waals surface area contributed by atoms with E-state index in [1.807, 2.05) is 41.5 Å². The van der Waals surface area contributed by atoms with Crippen molar-refractivity contribution >= 4 is 38.0 Å². The summed E-state index contributed by atoms with van der Waals surface area (Å²) in [5.74, 6) is -0.852. The van der Waals surface area contributed by atoms with Crippen molar-refractivity contribution in [2.24, 2.45) is 0 Å². The van der Waals surface area contributed by atoms with Crippen molar-refractivity contribution in [3.8, 4) is 0 Å². The minimum absolute atomic E-state index is 0.136. The summed E-state index contributed by atoms with van der Waals surface area (Å²) in [5.41, 5.74) is 0. The van der Waals surface area contributed by atoms with Crippen LogP contribution >= 0.6 is 11.1 Å². The van der Waals surface area contributed by atoms with Crippen LogP contribution in [0.1, 0.15) is 122 Å². The van der Waals surface area contributed by atoms with Gasteiger partial charge in [0.2, 0.25) is 0 Å². The van der Waals surface area contributed by atoms with Crippen molar-refractivity contribution in [2.75, 3.05) is 0 Å². The summed E-state index contributed by atoms with van der Waals surface area (Å²) in [6, 6.07) is 0. The largest absolute Gasteiger partial charge is 0.682 e. The van der Waals surface area contributed by atoms with E-state index >= 15 is 0 Å². The van der Waals surface area contributed by atoms with Gasteiger partial charge in [0, 0.05) is 36.6 Å². The molecule has 8 nitrogen and oxygen atoms in total. The number of hydrogen-bond donors (Lipinski definition) is 0. The lowest BCUT2D eigenvalue weighted by Crippen LogP contribution is -2.61. The Bertz CT molecular complexity index is 471. The van der Waals surface area contributed by atoms with Gasteiger partial charge in [-0.3, -0.25) is 0 Å². The molecule has 0 aromatic rings. The topological polar surface area (TPSA) is 73.8 Å². The standard InChI is InChI=1S/C25H57ClO8Si3/c1-13-19(7)27-36(28-20(8)14-2,29-21(9)15-3)33-25(35-26)34-37(30-22(10)16-4,31-23(11)17-5)32-24(12)18-6/h19-25H,13-18,35H2,1-12H3. The molecule has 0 amide bonds. The molecular formula is C25H57ClO8Si3. The van der Waals surface area contributed by atoms with Crippen LogP contribution in [0, 0.1) is 0 Å². The highest BCUT2D eigenvalue weighted by Crippen LogP contribution is 2.28. The second kappa shape index (κ2) is 19.7. The Morgan fingerprint density at radius 2 is 0.622 bits per heavy atom. The molecule has 0 aromatic heterocycles. The molecule has 0 heterocycles. The van der Waals surface area contributed by atoms with Crippen LogP contribution in [0.5, 0.6) is 0 Å². The molecule has 0 aromatic carbocycles. The lowest BCUT2D eigenvalue weighted by atomic mass is 10.3. The minimum Gasteiger partial charge on any atom is -0.348 e. The van der Waals surface area contributed by atoms with Gasteiger partial charge in [-0.1, -0.05) is 41.5 Å². The molecule has 0 aliphatic heterocycles. The van der Waals surface area contributed by atoms with E-state index in [2.05, 4.69) is 41.5 Å². The Balaban J connectivity index is 6.48. The number of hydrogen-bond acceptors (Lipinski definition) is 8. The maximum Gasteiger partial charge on any atom is 0.682 e. The highest BCUT2D eigenvalue weighted by molar-refractivity contribution is 6.94. The zero-order valence-corrected chi connectivity index (χ0v) is 29.8. The normalized spacial score (nSPS) is 21.6. The first-order chi connectivity index (χ1) is 17.4. The molecule has 12 heteroatoms. The van der Waals surface area contributed by atoms with Crippen LogP contribution in [0.4, 0.5) is 0 Å². The highest BCUT2D eigenvalue weighted by Gasteiger charge is 2.56. The van der Waals surface area contributed by atoms with Crippen molar-refractivity contribution in [1.29, 1.82) is 0 Å². The summed E-state index contributed by atoms with van der Waals surface area (Å²) in [6.45, 7) is 24.3. The Morgan fingerprint density at radius 3 is 0.757 bits per heavy atom. The van der Waals surface area contributed by atoms with Crippen LogP contribution in [0.2, 0.25) is 0 Å². The lowest BCUT2D eigenvalue weighted by Gasteiger charge is -2.39. The molecule has 0 saturated heterocycles. The summed E-state index contributed by atoms with van der Waals surface area (Å²) >= 11 is 6.60. The third-order valence-corrected chi connectivity index (χ3v) is 13.5. The predicted molar refractivity (Wildman–Crippen MR) is 157 cm³/mol. The predicted octanol–water partition coefficient (Wildman–Crippen LogP) is 6.39. The molecule has 0 bridgehead atoms. The maximum atomic E-state index is 6.60. The fourth-order valence-electron chi connectivity index (χ4n) is 2.72. The molecule has 0 aliphatic carbocycles. The molecule has 0 radical (unpaired) electrons. The second-order valence-corrected chi connectivity index (χ2v) is 15.6. The zero-order valence-electron chi connectivity index (χ0n) is 25.6. The molecule has 6 unspecified atom stereocenters. The number of rotatable bonds is 23. The number of halogens is 1. The van der Waals surface area contributed by atoms with Crippen molar-refractivity contribution < 1.29 is 35.4 Å². The van der Waals surface area contributed by atoms with Gasteiger partial charge >= 0.3 is 18.1 Å². The van der Waals surface area contributed by atoms with E-state index in [1.165, 1.54) is 0 Å². The van der Waals surface area contributed by atoms with Crippen LogP contribution in [0.25, 0.3) is 0 Å². The maximum absolute atomic E-state index is 6.60. The summed E-state index contributed by atoms with van der Waals surface area (Å²) in [5, 5.41) is 0. The highest BCUT2D eigenvalue weighted by atomic mass is 35.6. The summed E-state index contributed by atoms with van der Waals surface area (Å²) in [6.07, 6.45) is 3.85. The van der Waals surface area contributed by atoms with Crippen LogP contribution in [-0.4, -0.2) is 69.5 Å². The van der Waals surface area contributed by atoms with Crippen molar-refractivity contribution in [1.82, 2.24) is 0 Å². The molecule has 0 spiro atoms. The third kappa shape index (κ3) is 14.7. The van der Waals surface area contributed by atoms with Crippen molar-refractivity contribution in [3.05, 3.63) is 0 Å². The van der Waals surface area contributed by atoms with Gasteiger partial charge in [0.1, 0.15) is 5.91 Å².